The SMILES string of the molecule is CC(C)C(c1ccc(OS(=O)(=O)C(F)(F)C(F)(F)C(F)(F)S(=O)(=O)NS(=O)(=O)C(F)(F)F)cc1)C(C)C. The molecule has 0 saturated heterocycles. The molecule has 0 fully saturated rings. The van der Waals surface area contributed by atoms with Crippen LogP contribution in [0, 0.1) is 11.8 Å². The molecule has 0 atom stereocenters. The number of rotatable bonds is 11. The zero-order valence-corrected chi connectivity index (χ0v) is 21.5. The largest absolute Gasteiger partial charge is 0.512 e. The van der Waals surface area contributed by atoms with E-state index < -0.39 is 62.0 Å². The van der Waals surface area contributed by atoms with E-state index in [0.717, 1.165) is 12.1 Å². The van der Waals surface area contributed by atoms with Crippen molar-refractivity contribution in [3.05, 3.63) is 29.8 Å². The molecule has 0 aliphatic heterocycles. The summed E-state index contributed by atoms with van der Waals surface area (Å²) in [6, 6.07) is 3.75. The van der Waals surface area contributed by atoms with Gasteiger partial charge in [0.1, 0.15) is 5.75 Å². The molecular formula is C17H20F9NO7S3. The average molecular weight is 618 g/mol. The van der Waals surface area contributed by atoms with Crippen molar-refractivity contribution in [3.8, 4) is 5.75 Å². The third-order valence-corrected chi connectivity index (χ3v) is 9.41. The summed E-state index contributed by atoms with van der Waals surface area (Å²) in [6.07, 6.45) is 0. The first kappa shape index (κ1) is 33.2. The number of alkyl halides is 9. The van der Waals surface area contributed by atoms with Crippen LogP contribution in [0.2, 0.25) is 0 Å². The molecule has 0 aliphatic rings. The molecule has 1 aromatic rings. The van der Waals surface area contributed by atoms with Crippen LogP contribution in [0.25, 0.3) is 0 Å². The molecule has 20 heteroatoms. The minimum atomic E-state index is -7.85. The predicted octanol–water partition coefficient (Wildman–Crippen LogP) is 4.38. The fourth-order valence-electron chi connectivity index (χ4n) is 3.20. The fraction of sp³-hybridized carbons (Fsp3) is 0.647. The Morgan fingerprint density at radius 2 is 1.08 bits per heavy atom. The monoisotopic (exact) mass is 617 g/mol. The van der Waals surface area contributed by atoms with Crippen LogP contribution in [0.15, 0.2) is 24.3 Å². The Morgan fingerprint density at radius 1 is 0.676 bits per heavy atom. The standard InChI is InChI=1S/C17H20F9NO7S3/c1-9(2)13(10(3)4)11-5-7-12(8-6-11)34-37(32,33)16(22,23)14(18,19)15(20,21)35(28,29)27-36(30,31)17(24,25)26/h5-10,13,27H,1-4H3. The first-order chi connectivity index (χ1) is 16.2. The average Bonchev–Trinajstić information content (AvgIpc) is 2.66. The van der Waals surface area contributed by atoms with Gasteiger partial charge in [0, 0.05) is 0 Å². The number of hydrogen-bond donors (Lipinski definition) is 1. The highest BCUT2D eigenvalue weighted by molar-refractivity contribution is 8.05. The molecule has 0 aromatic heterocycles. The highest BCUT2D eigenvalue weighted by Crippen LogP contribution is 2.51. The number of benzene rings is 1. The van der Waals surface area contributed by atoms with Gasteiger partial charge in [-0.1, -0.05) is 44.0 Å². The summed E-state index contributed by atoms with van der Waals surface area (Å²) in [5, 5.41) is -14.5. The predicted molar refractivity (Wildman–Crippen MR) is 110 cm³/mol. The Morgan fingerprint density at radius 3 is 1.43 bits per heavy atom. The van der Waals surface area contributed by atoms with E-state index in [1.807, 2.05) is 27.7 Å². The first-order valence-corrected chi connectivity index (χ1v) is 14.1. The molecule has 216 valence electrons. The van der Waals surface area contributed by atoms with Gasteiger partial charge in [-0.3, -0.25) is 0 Å². The lowest BCUT2D eigenvalue weighted by Gasteiger charge is -2.31. The number of hydrogen-bond acceptors (Lipinski definition) is 7. The molecular weight excluding hydrogens is 597 g/mol. The van der Waals surface area contributed by atoms with Gasteiger partial charge in [0.2, 0.25) is 0 Å². The first-order valence-electron chi connectivity index (χ1n) is 9.68. The molecule has 0 bridgehead atoms. The molecule has 8 nitrogen and oxygen atoms in total. The van der Waals surface area contributed by atoms with Gasteiger partial charge in [-0.15, -0.1) is 0 Å². The molecule has 1 aromatic carbocycles. The van der Waals surface area contributed by atoms with Crippen molar-refractivity contribution in [1.29, 1.82) is 0 Å². The Bertz CT molecular complexity index is 1280. The molecule has 37 heavy (non-hydrogen) atoms. The zero-order chi connectivity index (χ0) is 29.6. The van der Waals surface area contributed by atoms with E-state index in [2.05, 4.69) is 4.18 Å². The maximum atomic E-state index is 14.2. The van der Waals surface area contributed by atoms with E-state index in [1.165, 1.54) is 0 Å². The third-order valence-electron chi connectivity index (χ3n) is 4.81. The lowest BCUT2D eigenvalue weighted by atomic mass is 9.80. The van der Waals surface area contributed by atoms with Crippen LogP contribution in [-0.2, 0) is 30.2 Å². The van der Waals surface area contributed by atoms with Gasteiger partial charge in [0.05, 0.1) is 0 Å². The smallest absolute Gasteiger partial charge is 0.378 e. The molecule has 0 saturated carbocycles. The van der Waals surface area contributed by atoms with E-state index in [9.17, 15) is 64.8 Å². The summed E-state index contributed by atoms with van der Waals surface area (Å²) in [4.78, 5) is 0. The van der Waals surface area contributed by atoms with Crippen LogP contribution < -0.4 is 8.31 Å². The van der Waals surface area contributed by atoms with Crippen molar-refractivity contribution >= 4 is 30.2 Å². The summed E-state index contributed by atoms with van der Waals surface area (Å²) in [6.45, 7) is 7.30. The lowest BCUT2D eigenvalue weighted by molar-refractivity contribution is -0.245. The quantitative estimate of drug-likeness (QED) is 0.289. The van der Waals surface area contributed by atoms with Crippen LogP contribution in [-0.4, -0.2) is 47.2 Å². The molecule has 0 unspecified atom stereocenters. The highest BCUT2D eigenvalue weighted by atomic mass is 32.3. The summed E-state index contributed by atoms with van der Waals surface area (Å²) in [7, 11) is -22.4. The van der Waals surface area contributed by atoms with E-state index in [0.29, 0.717) is 17.7 Å². The Balaban J connectivity index is 3.43. The van der Waals surface area contributed by atoms with Crippen molar-refractivity contribution in [2.75, 3.05) is 0 Å². The second-order valence-corrected chi connectivity index (χ2v) is 13.5. The van der Waals surface area contributed by atoms with Crippen molar-refractivity contribution in [3.63, 3.8) is 0 Å². The van der Waals surface area contributed by atoms with Crippen LogP contribution in [0.5, 0.6) is 5.75 Å². The van der Waals surface area contributed by atoms with Crippen LogP contribution >= 0.6 is 0 Å². The Labute approximate surface area is 206 Å². The molecule has 0 spiro atoms. The second kappa shape index (κ2) is 10.1. The normalized spacial score (nSPS) is 15.0. The minimum absolute atomic E-state index is 0.0254. The summed E-state index contributed by atoms with van der Waals surface area (Å²) >= 11 is 0. The summed E-state index contributed by atoms with van der Waals surface area (Å²) < 4.78 is 192. The molecule has 0 amide bonds. The number of sulfonamides is 2. The molecule has 0 aliphatic carbocycles. The maximum Gasteiger partial charge on any atom is 0.512 e. The Kier molecular flexibility index (Phi) is 9.04. The third kappa shape index (κ3) is 6.11. The minimum Gasteiger partial charge on any atom is -0.378 e. The molecule has 0 heterocycles. The van der Waals surface area contributed by atoms with Gasteiger partial charge in [-0.05, 0) is 35.4 Å². The van der Waals surface area contributed by atoms with Crippen LogP contribution in [0.1, 0.15) is 39.2 Å². The fourth-order valence-corrected chi connectivity index (χ4v) is 6.60. The molecule has 1 N–H and O–H groups in total. The van der Waals surface area contributed by atoms with Crippen molar-refractivity contribution in [1.82, 2.24) is 4.13 Å². The van der Waals surface area contributed by atoms with E-state index in [-0.39, 0.29) is 17.8 Å². The molecule has 1 rings (SSSR count). The van der Waals surface area contributed by atoms with Gasteiger partial charge in [-0.2, -0.15) is 47.9 Å². The summed E-state index contributed by atoms with van der Waals surface area (Å²) in [5.74, 6) is -8.74. The maximum absolute atomic E-state index is 14.2. The van der Waals surface area contributed by atoms with Gasteiger partial charge < -0.3 is 4.18 Å². The molecule has 0 radical (unpaired) electrons. The van der Waals surface area contributed by atoms with Crippen molar-refractivity contribution in [2.45, 2.75) is 55.6 Å². The van der Waals surface area contributed by atoms with Crippen LogP contribution in [0.3, 0.4) is 0 Å². The summed E-state index contributed by atoms with van der Waals surface area (Å²) in [5.41, 5.74) is -6.12. The lowest BCUT2D eigenvalue weighted by Crippen LogP contribution is -2.64. The van der Waals surface area contributed by atoms with E-state index >= 15 is 0 Å². The topological polar surface area (TPSA) is 124 Å². The van der Waals surface area contributed by atoms with Gasteiger partial charge in [0.15, 0.2) is 0 Å². The highest BCUT2D eigenvalue weighted by Gasteiger charge is 2.83. The van der Waals surface area contributed by atoms with Gasteiger partial charge >= 0.3 is 42.1 Å². The van der Waals surface area contributed by atoms with Crippen molar-refractivity contribution < 1.29 is 69.0 Å². The Hall–Kier alpha value is -1.80. The van der Waals surface area contributed by atoms with E-state index in [4.69, 9.17) is 0 Å². The van der Waals surface area contributed by atoms with Crippen molar-refractivity contribution in [2.24, 2.45) is 11.8 Å². The zero-order valence-electron chi connectivity index (χ0n) is 19.0. The van der Waals surface area contributed by atoms with Crippen LogP contribution in [0.4, 0.5) is 39.5 Å². The van der Waals surface area contributed by atoms with Gasteiger partial charge in [0.25, 0.3) is 10.0 Å². The number of halogens is 9. The number of nitrogens with one attached hydrogen (secondary N) is 1. The van der Waals surface area contributed by atoms with Gasteiger partial charge in [-0.25, -0.2) is 16.8 Å². The second-order valence-electron chi connectivity index (χ2n) is 8.26. The van der Waals surface area contributed by atoms with E-state index in [1.54, 1.807) is 0 Å².